The zero-order chi connectivity index (χ0) is 29.0. The number of amidine groups is 1. The van der Waals surface area contributed by atoms with Gasteiger partial charge in [0, 0.05) is 30.6 Å². The number of carbonyl (C=O) groups is 1. The van der Waals surface area contributed by atoms with E-state index in [0.29, 0.717) is 44.7 Å². The number of hydrogen-bond acceptors (Lipinski definition) is 5. The summed E-state index contributed by atoms with van der Waals surface area (Å²) in [5.74, 6) is -0.336. The van der Waals surface area contributed by atoms with Gasteiger partial charge in [0.25, 0.3) is 5.91 Å². The number of benzene rings is 2. The van der Waals surface area contributed by atoms with Gasteiger partial charge in [0.1, 0.15) is 0 Å². The summed E-state index contributed by atoms with van der Waals surface area (Å²) in [7, 11) is 2.07. The number of amides is 1. The van der Waals surface area contributed by atoms with Gasteiger partial charge in [0.15, 0.2) is 5.17 Å². The maximum Gasteiger partial charge on any atom is 0.416 e. The van der Waals surface area contributed by atoms with Gasteiger partial charge in [-0.1, -0.05) is 12.1 Å². The largest absolute Gasteiger partial charge is 0.416 e. The molecule has 0 bridgehead atoms. The molecule has 40 heavy (non-hydrogen) atoms. The average Bonchev–Trinajstić information content (AvgIpc) is 3.44. The lowest BCUT2D eigenvalue weighted by molar-refractivity contribution is -0.143. The monoisotopic (exact) mass is 581 g/mol. The third kappa shape index (κ3) is 5.62. The first-order chi connectivity index (χ1) is 18.7. The Labute approximate surface area is 230 Å². The number of fused-ring (bicyclic) bond motifs is 1. The minimum atomic E-state index is -4.97. The first kappa shape index (κ1) is 28.2. The van der Waals surface area contributed by atoms with Crippen LogP contribution in [0.1, 0.15) is 36.1 Å². The Morgan fingerprint density at radius 2 is 1.70 bits per heavy atom. The summed E-state index contributed by atoms with van der Waals surface area (Å²) >= 11 is 1.31. The van der Waals surface area contributed by atoms with Crippen LogP contribution >= 0.6 is 11.8 Å². The van der Waals surface area contributed by atoms with Crippen LogP contribution in [0.25, 0.3) is 17.0 Å². The molecular formula is C27H25F6N5OS. The molecule has 13 heteroatoms. The first-order valence-corrected chi connectivity index (χ1v) is 13.2. The summed E-state index contributed by atoms with van der Waals surface area (Å²) in [6, 6.07) is 7.32. The predicted molar refractivity (Wildman–Crippen MR) is 142 cm³/mol. The van der Waals surface area contributed by atoms with E-state index in [-0.39, 0.29) is 24.1 Å². The highest BCUT2D eigenvalue weighted by Gasteiger charge is 2.38. The Balaban J connectivity index is 1.36. The second kappa shape index (κ2) is 10.3. The number of likely N-dealkylation sites (N-methyl/N-ethyl adjacent to an activating group) is 1. The zero-order valence-corrected chi connectivity index (χ0v) is 22.5. The van der Waals surface area contributed by atoms with Crippen molar-refractivity contribution in [2.24, 2.45) is 4.99 Å². The van der Waals surface area contributed by atoms with Gasteiger partial charge in [-0.15, -0.1) is 0 Å². The second-order valence-electron chi connectivity index (χ2n) is 10.1. The van der Waals surface area contributed by atoms with E-state index >= 15 is 0 Å². The molecule has 2 aromatic carbocycles. The zero-order valence-electron chi connectivity index (χ0n) is 21.7. The molecule has 1 amide bonds. The molecule has 2 aliphatic rings. The van der Waals surface area contributed by atoms with Crippen molar-refractivity contribution in [1.29, 1.82) is 0 Å². The van der Waals surface area contributed by atoms with Gasteiger partial charge in [-0.25, -0.2) is 0 Å². The fraction of sp³-hybridized carbons (Fsp3) is 0.370. The standard InChI is InChI=1S/C27H25F6N5OS/c1-15-12-37(13-16(2)36(15)3)25-35-24(39)23(40-25)9-17-4-7-22-19(8-17)11-34-38(22)14-18-5-6-20(26(28,29)30)10-21(18)27(31,32)33/h4-11,15-16H,12-14H2,1-3H3/b23-9+/t15-,16+. The number of nitrogens with zero attached hydrogens (tertiary/aromatic N) is 5. The van der Waals surface area contributed by atoms with Crippen molar-refractivity contribution in [3.8, 4) is 0 Å². The molecule has 0 unspecified atom stereocenters. The van der Waals surface area contributed by atoms with Crippen molar-refractivity contribution >= 4 is 39.8 Å². The molecule has 0 saturated carbocycles. The fourth-order valence-corrected chi connectivity index (χ4v) is 5.81. The van der Waals surface area contributed by atoms with E-state index in [0.717, 1.165) is 19.2 Å². The van der Waals surface area contributed by atoms with Crippen molar-refractivity contribution in [3.05, 3.63) is 69.8 Å². The van der Waals surface area contributed by atoms with Gasteiger partial charge in [-0.05, 0) is 74.1 Å². The molecule has 0 N–H and O–H groups in total. The minimum Gasteiger partial charge on any atom is -0.348 e. The molecule has 2 atom stereocenters. The molecule has 0 aliphatic carbocycles. The number of rotatable bonds is 3. The Bertz CT molecular complexity index is 1510. The molecule has 0 spiro atoms. The smallest absolute Gasteiger partial charge is 0.348 e. The lowest BCUT2D eigenvalue weighted by Gasteiger charge is -2.42. The van der Waals surface area contributed by atoms with Crippen molar-refractivity contribution in [2.75, 3.05) is 20.1 Å². The van der Waals surface area contributed by atoms with Gasteiger partial charge in [0.2, 0.25) is 0 Å². The summed E-state index contributed by atoms with van der Waals surface area (Å²) in [5.41, 5.74) is -1.87. The average molecular weight is 582 g/mol. The molecule has 1 aromatic heterocycles. The SMILES string of the molecule is C[C@@H]1CN(C2=NC(=O)/C(=C\c3ccc4c(cnn4Cc4ccc(C(F)(F)F)cc4C(F)(F)F)c3)S2)C[C@H](C)N1C. The predicted octanol–water partition coefficient (Wildman–Crippen LogP) is 6.12. The van der Waals surface area contributed by atoms with Crippen LogP contribution in [-0.2, 0) is 23.7 Å². The number of hydrogen-bond donors (Lipinski definition) is 0. The second-order valence-corrected chi connectivity index (χ2v) is 11.1. The van der Waals surface area contributed by atoms with Crippen molar-refractivity contribution in [2.45, 2.75) is 44.8 Å². The molecule has 3 aromatic rings. The quantitative estimate of drug-likeness (QED) is 0.276. The van der Waals surface area contributed by atoms with Crippen LogP contribution in [-0.4, -0.2) is 62.9 Å². The van der Waals surface area contributed by atoms with Crippen LogP contribution in [0, 0.1) is 0 Å². The van der Waals surface area contributed by atoms with Crippen LogP contribution in [0.15, 0.2) is 52.5 Å². The highest BCUT2D eigenvalue weighted by atomic mass is 32.2. The lowest BCUT2D eigenvalue weighted by atomic mass is 10.0. The molecule has 5 rings (SSSR count). The summed E-state index contributed by atoms with van der Waals surface area (Å²) in [6.07, 6.45) is -6.69. The van der Waals surface area contributed by atoms with Crippen LogP contribution in [0.3, 0.4) is 0 Å². The van der Waals surface area contributed by atoms with Gasteiger partial charge >= 0.3 is 12.4 Å². The van der Waals surface area contributed by atoms with E-state index in [1.165, 1.54) is 22.6 Å². The number of carbonyl (C=O) groups excluding carboxylic acids is 1. The fourth-order valence-electron chi connectivity index (χ4n) is 4.88. The maximum absolute atomic E-state index is 13.6. The third-order valence-electron chi connectivity index (χ3n) is 7.27. The summed E-state index contributed by atoms with van der Waals surface area (Å²) < 4.78 is 81.1. The van der Waals surface area contributed by atoms with Crippen molar-refractivity contribution in [1.82, 2.24) is 19.6 Å². The Hall–Kier alpha value is -3.32. The normalized spacial score (nSPS) is 22.0. The number of halogens is 6. The number of aliphatic imine (C=N–C) groups is 1. The molecule has 1 saturated heterocycles. The molecule has 2 aliphatic heterocycles. The van der Waals surface area contributed by atoms with E-state index in [9.17, 15) is 31.1 Å². The van der Waals surface area contributed by atoms with E-state index in [1.54, 1.807) is 24.3 Å². The number of aromatic nitrogens is 2. The summed E-state index contributed by atoms with van der Waals surface area (Å²) in [6.45, 7) is 5.39. The highest BCUT2D eigenvalue weighted by molar-refractivity contribution is 8.18. The summed E-state index contributed by atoms with van der Waals surface area (Å²) in [5, 5.41) is 5.43. The van der Waals surface area contributed by atoms with Crippen molar-refractivity contribution in [3.63, 3.8) is 0 Å². The Morgan fingerprint density at radius 3 is 2.35 bits per heavy atom. The lowest BCUT2D eigenvalue weighted by Crippen LogP contribution is -2.55. The van der Waals surface area contributed by atoms with Crippen LogP contribution < -0.4 is 0 Å². The molecule has 1 fully saturated rings. The number of thioether (sulfide) groups is 1. The number of piperazine rings is 1. The van der Waals surface area contributed by atoms with Crippen LogP contribution in [0.4, 0.5) is 26.3 Å². The summed E-state index contributed by atoms with van der Waals surface area (Å²) in [4.78, 5) is 21.7. The van der Waals surface area contributed by atoms with Crippen LogP contribution in [0.2, 0.25) is 0 Å². The van der Waals surface area contributed by atoms with E-state index in [4.69, 9.17) is 0 Å². The minimum absolute atomic E-state index is 0.126. The van der Waals surface area contributed by atoms with Crippen molar-refractivity contribution < 1.29 is 31.1 Å². The first-order valence-electron chi connectivity index (χ1n) is 12.4. The molecule has 6 nitrogen and oxygen atoms in total. The Morgan fingerprint density at radius 1 is 1.00 bits per heavy atom. The van der Waals surface area contributed by atoms with E-state index < -0.39 is 23.5 Å². The van der Waals surface area contributed by atoms with Gasteiger partial charge in [0.05, 0.1) is 34.3 Å². The third-order valence-corrected chi connectivity index (χ3v) is 8.31. The van der Waals surface area contributed by atoms with E-state index in [1.807, 2.05) is 0 Å². The molecule has 0 radical (unpaired) electrons. The van der Waals surface area contributed by atoms with E-state index in [2.05, 4.69) is 40.8 Å². The van der Waals surface area contributed by atoms with Crippen LogP contribution in [0.5, 0.6) is 0 Å². The van der Waals surface area contributed by atoms with Gasteiger partial charge < -0.3 is 4.90 Å². The Kier molecular flexibility index (Phi) is 7.24. The molecular weight excluding hydrogens is 556 g/mol. The molecule has 212 valence electrons. The number of alkyl halides is 6. The topological polar surface area (TPSA) is 53.7 Å². The maximum atomic E-state index is 13.6. The van der Waals surface area contributed by atoms with Gasteiger partial charge in [-0.3, -0.25) is 14.4 Å². The molecule has 3 heterocycles. The highest BCUT2D eigenvalue weighted by Crippen LogP contribution is 2.38. The van der Waals surface area contributed by atoms with Gasteiger partial charge in [-0.2, -0.15) is 36.4 Å².